The molecule has 0 aliphatic heterocycles. The van der Waals surface area contributed by atoms with Crippen molar-refractivity contribution in [2.45, 2.75) is 25.3 Å². The molecule has 2 aromatic rings. The second-order valence-electron chi connectivity index (χ2n) is 5.08. The number of nitrogens with one attached hydrogen (secondary N) is 1. The van der Waals surface area contributed by atoms with Crippen LogP contribution in [-0.4, -0.2) is 20.1 Å². The van der Waals surface area contributed by atoms with Crippen molar-refractivity contribution >= 4 is 21.6 Å². The van der Waals surface area contributed by atoms with Gasteiger partial charge in [-0.2, -0.15) is 0 Å². The number of hydrogen-bond donors (Lipinski definition) is 1. The zero-order valence-corrected chi connectivity index (χ0v) is 14.5. The number of sulfonamides is 1. The lowest BCUT2D eigenvalue weighted by Crippen LogP contribution is -2.23. The average molecular weight is 343 g/mol. The smallest absolute Gasteiger partial charge is 0.240 e. The van der Waals surface area contributed by atoms with Crippen LogP contribution in [-0.2, 0) is 23.6 Å². The molecule has 0 radical (unpaired) electrons. The van der Waals surface area contributed by atoms with Gasteiger partial charge in [0, 0.05) is 25.0 Å². The summed E-state index contributed by atoms with van der Waals surface area (Å²) >= 11 is 5.98. The van der Waals surface area contributed by atoms with E-state index in [1.54, 1.807) is 0 Å². The monoisotopic (exact) mass is 342 g/mol. The van der Waals surface area contributed by atoms with Crippen LogP contribution in [0, 0.1) is 13.8 Å². The number of rotatable bonds is 5. The molecule has 0 amide bonds. The molecule has 1 aromatic heterocycles. The van der Waals surface area contributed by atoms with E-state index in [2.05, 4.69) is 4.72 Å². The molecule has 0 spiro atoms. The van der Waals surface area contributed by atoms with Crippen molar-refractivity contribution in [3.8, 4) is 5.75 Å². The van der Waals surface area contributed by atoms with E-state index in [4.69, 9.17) is 16.3 Å². The maximum absolute atomic E-state index is 12.3. The van der Waals surface area contributed by atoms with E-state index in [0.29, 0.717) is 5.75 Å². The second-order valence-corrected chi connectivity index (χ2v) is 7.25. The quantitative estimate of drug-likeness (QED) is 0.908. The molecule has 120 valence electrons. The van der Waals surface area contributed by atoms with Gasteiger partial charge in [-0.1, -0.05) is 11.6 Å². The van der Waals surface area contributed by atoms with Gasteiger partial charge in [0.1, 0.15) is 5.75 Å². The van der Waals surface area contributed by atoms with Crippen molar-refractivity contribution in [1.82, 2.24) is 9.29 Å². The highest BCUT2D eigenvalue weighted by atomic mass is 35.5. The number of halogens is 1. The number of methoxy groups -OCH3 is 1. The highest BCUT2D eigenvalue weighted by molar-refractivity contribution is 7.89. The first-order valence-electron chi connectivity index (χ1n) is 6.71. The zero-order valence-electron chi connectivity index (χ0n) is 13.0. The van der Waals surface area contributed by atoms with Crippen LogP contribution in [0.25, 0.3) is 0 Å². The van der Waals surface area contributed by atoms with Crippen molar-refractivity contribution < 1.29 is 13.2 Å². The van der Waals surface area contributed by atoms with Crippen LogP contribution >= 0.6 is 11.6 Å². The van der Waals surface area contributed by atoms with E-state index in [1.807, 2.05) is 31.5 Å². The normalized spacial score (nSPS) is 11.7. The van der Waals surface area contributed by atoms with Gasteiger partial charge in [-0.25, -0.2) is 13.1 Å². The number of aromatic nitrogens is 1. The fraction of sp³-hybridized carbons (Fsp3) is 0.333. The summed E-state index contributed by atoms with van der Waals surface area (Å²) in [4.78, 5) is 0.114. The molecule has 0 atom stereocenters. The molecule has 7 heteroatoms. The standard InChI is InChI=1S/C15H19ClN2O3S/c1-10-7-12(11(2)18(10)3)9-17-22(19,20)13-5-6-15(21-4)14(16)8-13/h5-8,17H,9H2,1-4H3. The summed E-state index contributed by atoms with van der Waals surface area (Å²) in [7, 11) is -0.195. The average Bonchev–Trinajstić information content (AvgIpc) is 2.72. The molecule has 2 rings (SSSR count). The molecule has 0 aliphatic rings. The predicted octanol–water partition coefficient (Wildman–Crippen LogP) is 2.78. The molecule has 0 bridgehead atoms. The van der Waals surface area contributed by atoms with E-state index >= 15 is 0 Å². The van der Waals surface area contributed by atoms with Gasteiger partial charge in [-0.05, 0) is 43.7 Å². The number of ether oxygens (including phenoxy) is 1. The molecule has 22 heavy (non-hydrogen) atoms. The summed E-state index contributed by atoms with van der Waals surface area (Å²) in [5.74, 6) is 0.440. The van der Waals surface area contributed by atoms with Crippen LogP contribution in [0.4, 0.5) is 0 Å². The molecule has 0 fully saturated rings. The van der Waals surface area contributed by atoms with Gasteiger partial charge in [-0.15, -0.1) is 0 Å². The second kappa shape index (κ2) is 6.32. The Kier molecular flexibility index (Phi) is 4.84. The van der Waals surface area contributed by atoms with Crippen LogP contribution in [0.3, 0.4) is 0 Å². The summed E-state index contributed by atoms with van der Waals surface area (Å²) in [5.41, 5.74) is 3.07. The lowest BCUT2D eigenvalue weighted by Gasteiger charge is -2.09. The van der Waals surface area contributed by atoms with Crippen LogP contribution in [0.5, 0.6) is 5.75 Å². The number of benzene rings is 1. The van der Waals surface area contributed by atoms with Gasteiger partial charge < -0.3 is 9.30 Å². The van der Waals surface area contributed by atoms with E-state index in [-0.39, 0.29) is 16.5 Å². The van der Waals surface area contributed by atoms with Crippen molar-refractivity contribution in [3.63, 3.8) is 0 Å². The summed E-state index contributed by atoms with van der Waals surface area (Å²) in [6.45, 7) is 4.18. The van der Waals surface area contributed by atoms with Crippen molar-refractivity contribution in [3.05, 3.63) is 46.2 Å². The highest BCUT2D eigenvalue weighted by Gasteiger charge is 2.17. The molecule has 1 N–H and O–H groups in total. The molecule has 1 heterocycles. The Balaban J connectivity index is 2.21. The summed E-state index contributed by atoms with van der Waals surface area (Å²) in [5, 5.41) is 0.261. The zero-order chi connectivity index (χ0) is 16.5. The first-order chi connectivity index (χ1) is 10.3. The Hall–Kier alpha value is -1.50. The van der Waals surface area contributed by atoms with Gasteiger partial charge in [0.15, 0.2) is 0 Å². The summed E-state index contributed by atoms with van der Waals surface area (Å²) in [6.07, 6.45) is 0. The minimum atomic E-state index is -3.63. The maximum atomic E-state index is 12.3. The number of aryl methyl sites for hydroxylation is 1. The minimum Gasteiger partial charge on any atom is -0.495 e. The van der Waals surface area contributed by atoms with Gasteiger partial charge in [0.25, 0.3) is 0 Å². The summed E-state index contributed by atoms with van der Waals surface area (Å²) in [6, 6.07) is 6.36. The van der Waals surface area contributed by atoms with E-state index in [1.165, 1.54) is 25.3 Å². The molecule has 0 saturated carbocycles. The largest absolute Gasteiger partial charge is 0.495 e. The van der Waals surface area contributed by atoms with Crippen molar-refractivity contribution in [2.24, 2.45) is 7.05 Å². The summed E-state index contributed by atoms with van der Waals surface area (Å²) < 4.78 is 34.3. The molecular formula is C15H19ClN2O3S. The third-order valence-corrected chi connectivity index (χ3v) is 5.46. The fourth-order valence-corrected chi connectivity index (χ4v) is 3.54. The Labute approximate surface area is 135 Å². The SMILES string of the molecule is COc1ccc(S(=O)(=O)NCc2cc(C)n(C)c2C)cc1Cl. The van der Waals surface area contributed by atoms with Gasteiger partial charge in [0.05, 0.1) is 17.0 Å². The van der Waals surface area contributed by atoms with Gasteiger partial charge in [0.2, 0.25) is 10.0 Å². The maximum Gasteiger partial charge on any atom is 0.240 e. The van der Waals surface area contributed by atoms with E-state index < -0.39 is 10.0 Å². The van der Waals surface area contributed by atoms with Crippen LogP contribution in [0.1, 0.15) is 17.0 Å². The third-order valence-electron chi connectivity index (χ3n) is 3.77. The molecule has 1 aromatic carbocycles. The Bertz CT molecular complexity index is 797. The first kappa shape index (κ1) is 16.9. The molecule has 0 unspecified atom stereocenters. The minimum absolute atomic E-state index is 0.114. The van der Waals surface area contributed by atoms with E-state index in [9.17, 15) is 8.42 Å². The lowest BCUT2D eigenvalue weighted by atomic mass is 10.2. The van der Waals surface area contributed by atoms with Crippen LogP contribution in [0.2, 0.25) is 5.02 Å². The molecule has 0 aliphatic carbocycles. The molecule has 5 nitrogen and oxygen atoms in total. The molecule has 0 saturated heterocycles. The van der Waals surface area contributed by atoms with Crippen molar-refractivity contribution in [1.29, 1.82) is 0 Å². The van der Waals surface area contributed by atoms with Gasteiger partial charge in [-0.3, -0.25) is 0 Å². The van der Waals surface area contributed by atoms with Crippen molar-refractivity contribution in [2.75, 3.05) is 7.11 Å². The number of nitrogens with zero attached hydrogens (tertiary/aromatic N) is 1. The predicted molar refractivity (Wildman–Crippen MR) is 86.9 cm³/mol. The van der Waals surface area contributed by atoms with Crippen LogP contribution < -0.4 is 9.46 Å². The molecular weight excluding hydrogens is 324 g/mol. The Morgan fingerprint density at radius 1 is 1.27 bits per heavy atom. The Morgan fingerprint density at radius 2 is 1.95 bits per heavy atom. The lowest BCUT2D eigenvalue weighted by molar-refractivity contribution is 0.414. The third kappa shape index (κ3) is 3.29. The fourth-order valence-electron chi connectivity index (χ4n) is 2.18. The Morgan fingerprint density at radius 3 is 2.45 bits per heavy atom. The van der Waals surface area contributed by atoms with E-state index in [0.717, 1.165) is 17.0 Å². The topological polar surface area (TPSA) is 60.3 Å². The van der Waals surface area contributed by atoms with Gasteiger partial charge >= 0.3 is 0 Å². The number of hydrogen-bond acceptors (Lipinski definition) is 3. The first-order valence-corrected chi connectivity index (χ1v) is 8.57. The van der Waals surface area contributed by atoms with Crippen LogP contribution in [0.15, 0.2) is 29.2 Å². The highest BCUT2D eigenvalue weighted by Crippen LogP contribution is 2.27.